The molecule has 20 heavy (non-hydrogen) atoms. The van der Waals surface area contributed by atoms with Crippen molar-refractivity contribution in [3.63, 3.8) is 0 Å². The predicted octanol–water partition coefficient (Wildman–Crippen LogP) is 0.428. The van der Waals surface area contributed by atoms with E-state index in [0.717, 1.165) is 0 Å². The summed E-state index contributed by atoms with van der Waals surface area (Å²) in [6.45, 7) is 7.23. The topological polar surface area (TPSA) is 117 Å². The summed E-state index contributed by atoms with van der Waals surface area (Å²) in [4.78, 5) is 24.0. The minimum Gasteiger partial charge on any atom is -0.409 e. The van der Waals surface area contributed by atoms with Crippen molar-refractivity contribution >= 4 is 17.6 Å². The van der Waals surface area contributed by atoms with Gasteiger partial charge in [0.2, 0.25) is 11.8 Å². The Balaban J connectivity index is 5.03. The third kappa shape index (κ3) is 3.61. The van der Waals surface area contributed by atoms with Crippen LogP contribution in [0.15, 0.2) is 5.16 Å². The second kappa shape index (κ2) is 7.12. The molecule has 0 aliphatic rings. The SMILES string of the molecule is CCC(CC)(C(=O)NCC(C)(C)C(=O)NC)C(N)=NO. The molecule has 0 saturated carbocycles. The summed E-state index contributed by atoms with van der Waals surface area (Å²) in [6.07, 6.45) is 0.817. The van der Waals surface area contributed by atoms with Crippen molar-refractivity contribution in [3.05, 3.63) is 0 Å². The van der Waals surface area contributed by atoms with Crippen molar-refractivity contribution in [2.24, 2.45) is 21.7 Å². The second-order valence-corrected chi connectivity index (χ2v) is 5.42. The number of nitrogens with zero attached hydrogens (tertiary/aromatic N) is 1. The maximum absolute atomic E-state index is 12.4. The highest BCUT2D eigenvalue weighted by molar-refractivity contribution is 6.06. The van der Waals surface area contributed by atoms with E-state index >= 15 is 0 Å². The number of rotatable bonds is 7. The van der Waals surface area contributed by atoms with Crippen molar-refractivity contribution in [1.82, 2.24) is 10.6 Å². The first-order valence-corrected chi connectivity index (χ1v) is 6.70. The van der Waals surface area contributed by atoms with Crippen molar-refractivity contribution in [2.75, 3.05) is 13.6 Å². The molecule has 0 aliphatic heterocycles. The molecular weight excluding hydrogens is 260 g/mol. The first kappa shape index (κ1) is 18.2. The highest BCUT2D eigenvalue weighted by atomic mass is 16.4. The molecule has 0 aromatic rings. The van der Waals surface area contributed by atoms with E-state index < -0.39 is 10.8 Å². The van der Waals surface area contributed by atoms with Crippen LogP contribution in [-0.4, -0.2) is 36.4 Å². The fourth-order valence-electron chi connectivity index (χ4n) is 2.03. The van der Waals surface area contributed by atoms with Gasteiger partial charge in [0.15, 0.2) is 5.84 Å². The lowest BCUT2D eigenvalue weighted by atomic mass is 9.79. The van der Waals surface area contributed by atoms with Crippen LogP contribution in [0, 0.1) is 10.8 Å². The zero-order chi connectivity index (χ0) is 16.0. The first-order chi connectivity index (χ1) is 9.21. The Morgan fingerprint density at radius 2 is 1.70 bits per heavy atom. The largest absolute Gasteiger partial charge is 0.409 e. The van der Waals surface area contributed by atoms with Crippen LogP contribution in [0.3, 0.4) is 0 Å². The molecule has 0 aliphatic carbocycles. The third-order valence-corrected chi connectivity index (χ3v) is 3.77. The van der Waals surface area contributed by atoms with Crippen molar-refractivity contribution in [2.45, 2.75) is 40.5 Å². The molecule has 7 nitrogen and oxygen atoms in total. The van der Waals surface area contributed by atoms with Crippen LogP contribution in [0.4, 0.5) is 0 Å². The van der Waals surface area contributed by atoms with E-state index in [1.165, 1.54) is 0 Å². The van der Waals surface area contributed by atoms with Gasteiger partial charge >= 0.3 is 0 Å². The van der Waals surface area contributed by atoms with Gasteiger partial charge in [0.25, 0.3) is 0 Å². The fourth-order valence-corrected chi connectivity index (χ4v) is 2.03. The molecular formula is C13H26N4O3. The van der Waals surface area contributed by atoms with Gasteiger partial charge in [0.05, 0.1) is 5.41 Å². The van der Waals surface area contributed by atoms with Gasteiger partial charge in [-0.3, -0.25) is 9.59 Å². The third-order valence-electron chi connectivity index (χ3n) is 3.77. The van der Waals surface area contributed by atoms with Gasteiger partial charge in [-0.05, 0) is 26.7 Å². The summed E-state index contributed by atoms with van der Waals surface area (Å²) >= 11 is 0. The van der Waals surface area contributed by atoms with E-state index in [9.17, 15) is 9.59 Å². The molecule has 0 radical (unpaired) electrons. The van der Waals surface area contributed by atoms with Crippen LogP contribution in [0.5, 0.6) is 0 Å². The minimum absolute atomic E-state index is 0.113. The summed E-state index contributed by atoms with van der Waals surface area (Å²) in [6, 6.07) is 0. The molecule has 0 aromatic carbocycles. The molecule has 116 valence electrons. The number of hydrogen-bond acceptors (Lipinski definition) is 4. The van der Waals surface area contributed by atoms with Crippen molar-refractivity contribution < 1.29 is 14.8 Å². The molecule has 0 rings (SSSR count). The van der Waals surface area contributed by atoms with Gasteiger partial charge in [-0.1, -0.05) is 19.0 Å². The molecule has 0 heterocycles. The standard InChI is InChI=1S/C13H26N4O3/c1-6-13(7-2,9(14)17-20)11(19)16-8-12(3,4)10(18)15-5/h20H,6-8H2,1-5H3,(H2,14,17)(H,15,18)(H,16,19). The van der Waals surface area contributed by atoms with Crippen LogP contribution in [0.25, 0.3) is 0 Å². The van der Waals surface area contributed by atoms with E-state index in [1.807, 2.05) is 0 Å². The smallest absolute Gasteiger partial charge is 0.233 e. The Morgan fingerprint density at radius 3 is 2.05 bits per heavy atom. The highest BCUT2D eigenvalue weighted by Crippen LogP contribution is 2.27. The number of amides is 2. The van der Waals surface area contributed by atoms with E-state index in [-0.39, 0.29) is 24.2 Å². The average Bonchev–Trinajstić information content (AvgIpc) is 2.45. The molecule has 0 fully saturated rings. The van der Waals surface area contributed by atoms with E-state index in [0.29, 0.717) is 12.8 Å². The number of nitrogens with two attached hydrogens (primary N) is 1. The van der Waals surface area contributed by atoms with E-state index in [2.05, 4.69) is 15.8 Å². The normalized spacial score (nSPS) is 12.9. The molecule has 2 amide bonds. The zero-order valence-electron chi connectivity index (χ0n) is 12.9. The molecule has 0 saturated heterocycles. The van der Waals surface area contributed by atoms with Gasteiger partial charge in [-0.25, -0.2) is 0 Å². The molecule has 0 unspecified atom stereocenters. The molecule has 5 N–H and O–H groups in total. The quantitative estimate of drug-likeness (QED) is 0.235. The van der Waals surface area contributed by atoms with Crippen LogP contribution in [0.1, 0.15) is 40.5 Å². The number of hydrogen-bond donors (Lipinski definition) is 4. The van der Waals surface area contributed by atoms with Crippen LogP contribution >= 0.6 is 0 Å². The van der Waals surface area contributed by atoms with Gasteiger partial charge in [0, 0.05) is 13.6 Å². The lowest BCUT2D eigenvalue weighted by molar-refractivity contribution is -0.131. The van der Waals surface area contributed by atoms with E-state index in [4.69, 9.17) is 10.9 Å². The van der Waals surface area contributed by atoms with Gasteiger partial charge in [0.1, 0.15) is 5.41 Å². The van der Waals surface area contributed by atoms with Gasteiger partial charge in [-0.15, -0.1) is 0 Å². The zero-order valence-corrected chi connectivity index (χ0v) is 12.9. The summed E-state index contributed by atoms with van der Waals surface area (Å²) in [5.74, 6) is -0.618. The number of carbonyl (C=O) groups excluding carboxylic acids is 2. The van der Waals surface area contributed by atoms with Crippen LogP contribution in [0.2, 0.25) is 0 Å². The monoisotopic (exact) mass is 286 g/mol. The molecule has 0 bridgehead atoms. The average molecular weight is 286 g/mol. The van der Waals surface area contributed by atoms with Crippen LogP contribution in [-0.2, 0) is 9.59 Å². The minimum atomic E-state index is -1.05. The number of amidine groups is 1. The summed E-state index contributed by atoms with van der Waals surface area (Å²) in [7, 11) is 1.55. The lowest BCUT2D eigenvalue weighted by Gasteiger charge is -2.31. The maximum atomic E-state index is 12.4. The molecule has 0 spiro atoms. The highest BCUT2D eigenvalue weighted by Gasteiger charge is 2.40. The maximum Gasteiger partial charge on any atom is 0.233 e. The lowest BCUT2D eigenvalue weighted by Crippen LogP contribution is -2.52. The Morgan fingerprint density at radius 1 is 1.20 bits per heavy atom. The fraction of sp³-hybridized carbons (Fsp3) is 0.769. The summed E-state index contributed by atoms with van der Waals surface area (Å²) in [5, 5.41) is 17.1. The Bertz CT molecular complexity index is 387. The Kier molecular flexibility index (Phi) is 6.48. The van der Waals surface area contributed by atoms with Gasteiger partial charge < -0.3 is 21.6 Å². The van der Waals surface area contributed by atoms with Crippen LogP contribution < -0.4 is 16.4 Å². The first-order valence-electron chi connectivity index (χ1n) is 6.70. The molecule has 7 heteroatoms. The van der Waals surface area contributed by atoms with Crippen molar-refractivity contribution in [3.8, 4) is 0 Å². The molecule has 0 atom stereocenters. The van der Waals surface area contributed by atoms with Gasteiger partial charge in [-0.2, -0.15) is 0 Å². The molecule has 0 aromatic heterocycles. The summed E-state index contributed by atoms with van der Waals surface area (Å²) < 4.78 is 0. The number of oxime groups is 1. The number of carbonyl (C=O) groups is 2. The van der Waals surface area contributed by atoms with Crippen molar-refractivity contribution in [1.29, 1.82) is 0 Å². The predicted molar refractivity (Wildman–Crippen MR) is 77.3 cm³/mol. The summed E-state index contributed by atoms with van der Waals surface area (Å²) in [5.41, 5.74) is 3.88. The van der Waals surface area contributed by atoms with E-state index in [1.54, 1.807) is 34.7 Å². The Hall–Kier alpha value is -1.79. The number of nitrogens with one attached hydrogen (secondary N) is 2. The second-order valence-electron chi connectivity index (χ2n) is 5.42. The Labute approximate surface area is 120 Å².